The van der Waals surface area contributed by atoms with E-state index in [9.17, 15) is 4.79 Å². The fraction of sp³-hybridized carbons (Fsp3) is 0. The molecule has 0 saturated carbocycles. The van der Waals surface area contributed by atoms with Crippen LogP contribution in [0.1, 0.15) is 16.1 Å². The van der Waals surface area contributed by atoms with E-state index in [1.807, 2.05) is 0 Å². The molecule has 11 heavy (non-hydrogen) atoms. The molecule has 0 N–H and O–H groups in total. The van der Waals surface area contributed by atoms with Gasteiger partial charge in [0.15, 0.2) is 6.29 Å². The van der Waals surface area contributed by atoms with Crippen LogP contribution in [0.15, 0.2) is 12.8 Å². The third-order valence-corrected chi connectivity index (χ3v) is 1.27. The predicted octanol–water partition coefficient (Wildman–Crippen LogP) is 0.777. The van der Waals surface area contributed by atoms with Crippen molar-refractivity contribution in [3.05, 3.63) is 24.0 Å². The fourth-order valence-electron chi connectivity index (χ4n) is 0.746. The smallest absolute Gasteiger partial charge is 0.169 e. The SMILES string of the molecule is C#Cc1cnn(C=C)c1C=O. The van der Waals surface area contributed by atoms with Crippen LogP contribution in [0.3, 0.4) is 0 Å². The summed E-state index contributed by atoms with van der Waals surface area (Å²) in [7, 11) is 0. The Morgan fingerprint density at radius 3 is 3.00 bits per heavy atom. The maximum Gasteiger partial charge on any atom is 0.169 e. The number of aromatic nitrogens is 2. The van der Waals surface area contributed by atoms with Gasteiger partial charge in [0.2, 0.25) is 0 Å². The van der Waals surface area contributed by atoms with Crippen molar-refractivity contribution in [3.8, 4) is 12.3 Å². The number of terminal acetylenes is 1. The summed E-state index contributed by atoms with van der Waals surface area (Å²) in [6.07, 6.45) is 8.63. The highest BCUT2D eigenvalue weighted by atomic mass is 16.1. The molecule has 3 heteroatoms. The van der Waals surface area contributed by atoms with E-state index in [1.165, 1.54) is 17.1 Å². The van der Waals surface area contributed by atoms with Crippen molar-refractivity contribution >= 4 is 12.5 Å². The molecule has 0 aliphatic rings. The Morgan fingerprint density at radius 2 is 2.55 bits per heavy atom. The molecule has 0 aliphatic heterocycles. The Bertz CT molecular complexity index is 330. The maximum atomic E-state index is 10.4. The van der Waals surface area contributed by atoms with Gasteiger partial charge < -0.3 is 0 Å². The molecule has 0 spiro atoms. The summed E-state index contributed by atoms with van der Waals surface area (Å²) in [6, 6.07) is 0. The highest BCUT2D eigenvalue weighted by Crippen LogP contribution is 2.03. The van der Waals surface area contributed by atoms with Crippen molar-refractivity contribution in [1.82, 2.24) is 9.78 Å². The Balaban J connectivity index is 3.33. The van der Waals surface area contributed by atoms with Crippen LogP contribution in [-0.2, 0) is 0 Å². The van der Waals surface area contributed by atoms with Gasteiger partial charge in [-0.15, -0.1) is 6.42 Å². The second-order valence-electron chi connectivity index (χ2n) is 1.83. The standard InChI is InChI=1S/C8H6N2O/c1-3-7-5-9-10(4-2)8(7)6-11/h1,4-6H,2H2. The summed E-state index contributed by atoms with van der Waals surface area (Å²) in [4.78, 5) is 10.4. The average molecular weight is 146 g/mol. The lowest BCUT2D eigenvalue weighted by Crippen LogP contribution is -1.95. The van der Waals surface area contributed by atoms with Crippen molar-refractivity contribution in [2.75, 3.05) is 0 Å². The Labute approximate surface area is 64.3 Å². The number of nitrogens with zero attached hydrogens (tertiary/aromatic N) is 2. The van der Waals surface area contributed by atoms with Gasteiger partial charge in [-0.3, -0.25) is 4.79 Å². The zero-order valence-electron chi connectivity index (χ0n) is 5.82. The highest BCUT2D eigenvalue weighted by Gasteiger charge is 2.03. The van der Waals surface area contributed by atoms with E-state index in [2.05, 4.69) is 17.6 Å². The van der Waals surface area contributed by atoms with Crippen LogP contribution in [0.25, 0.3) is 6.20 Å². The van der Waals surface area contributed by atoms with Crippen LogP contribution in [0.4, 0.5) is 0 Å². The Morgan fingerprint density at radius 1 is 1.82 bits per heavy atom. The minimum absolute atomic E-state index is 0.363. The van der Waals surface area contributed by atoms with Crippen LogP contribution >= 0.6 is 0 Å². The minimum Gasteiger partial charge on any atom is -0.296 e. The molecule has 0 atom stereocenters. The molecule has 0 radical (unpaired) electrons. The monoisotopic (exact) mass is 146 g/mol. The average Bonchev–Trinajstić information content (AvgIpc) is 2.45. The van der Waals surface area contributed by atoms with Crippen molar-refractivity contribution in [2.45, 2.75) is 0 Å². The van der Waals surface area contributed by atoms with Crippen molar-refractivity contribution in [1.29, 1.82) is 0 Å². The molecule has 54 valence electrons. The third kappa shape index (κ3) is 1.06. The van der Waals surface area contributed by atoms with Gasteiger partial charge in [-0.1, -0.05) is 12.5 Å². The minimum atomic E-state index is 0.363. The van der Waals surface area contributed by atoms with E-state index >= 15 is 0 Å². The van der Waals surface area contributed by atoms with Crippen LogP contribution < -0.4 is 0 Å². The molecule has 3 nitrogen and oxygen atoms in total. The fourth-order valence-corrected chi connectivity index (χ4v) is 0.746. The lowest BCUT2D eigenvalue weighted by atomic mass is 10.3. The zero-order valence-corrected chi connectivity index (χ0v) is 5.82. The number of hydrogen-bond acceptors (Lipinski definition) is 2. The van der Waals surface area contributed by atoms with Gasteiger partial charge in [-0.25, -0.2) is 4.68 Å². The number of carbonyl (C=O) groups is 1. The molecule has 0 aliphatic carbocycles. The topological polar surface area (TPSA) is 34.9 Å². The first-order valence-electron chi connectivity index (χ1n) is 2.95. The van der Waals surface area contributed by atoms with Gasteiger partial charge in [-0.05, 0) is 0 Å². The predicted molar refractivity (Wildman–Crippen MR) is 41.9 cm³/mol. The summed E-state index contributed by atoms with van der Waals surface area (Å²) in [5.74, 6) is 2.34. The highest BCUT2D eigenvalue weighted by molar-refractivity contribution is 5.77. The maximum absolute atomic E-state index is 10.4. The van der Waals surface area contributed by atoms with E-state index in [1.54, 1.807) is 0 Å². The van der Waals surface area contributed by atoms with Crippen molar-refractivity contribution < 1.29 is 4.79 Å². The molecule has 1 rings (SSSR count). The van der Waals surface area contributed by atoms with E-state index in [0.29, 0.717) is 17.5 Å². The van der Waals surface area contributed by atoms with Crippen LogP contribution in [0.5, 0.6) is 0 Å². The normalized spacial score (nSPS) is 8.64. The second-order valence-corrected chi connectivity index (χ2v) is 1.83. The van der Waals surface area contributed by atoms with E-state index in [0.717, 1.165) is 0 Å². The van der Waals surface area contributed by atoms with Gasteiger partial charge in [-0.2, -0.15) is 5.10 Å². The van der Waals surface area contributed by atoms with E-state index in [4.69, 9.17) is 6.42 Å². The first-order valence-corrected chi connectivity index (χ1v) is 2.95. The van der Waals surface area contributed by atoms with Crippen LogP contribution in [0, 0.1) is 12.3 Å². The zero-order chi connectivity index (χ0) is 8.27. The van der Waals surface area contributed by atoms with Crippen LogP contribution in [0.2, 0.25) is 0 Å². The molecule has 0 bridgehead atoms. The van der Waals surface area contributed by atoms with Gasteiger partial charge in [0.05, 0.1) is 11.8 Å². The first kappa shape index (κ1) is 7.29. The lowest BCUT2D eigenvalue weighted by molar-refractivity contribution is 0.111. The molecular weight excluding hydrogens is 140 g/mol. The van der Waals surface area contributed by atoms with Crippen molar-refractivity contribution in [3.63, 3.8) is 0 Å². The van der Waals surface area contributed by atoms with Crippen LogP contribution in [-0.4, -0.2) is 16.1 Å². The van der Waals surface area contributed by atoms with Gasteiger partial charge in [0, 0.05) is 6.20 Å². The molecule has 1 aromatic rings. The Kier molecular flexibility index (Phi) is 1.88. The molecule has 0 aromatic carbocycles. The Hall–Kier alpha value is -1.82. The second kappa shape index (κ2) is 2.84. The molecule has 0 unspecified atom stereocenters. The number of hydrogen-bond donors (Lipinski definition) is 0. The molecular formula is C8H6N2O. The lowest BCUT2D eigenvalue weighted by Gasteiger charge is -1.91. The quantitative estimate of drug-likeness (QED) is 0.456. The summed E-state index contributed by atoms with van der Waals surface area (Å²) >= 11 is 0. The first-order chi connectivity index (χ1) is 5.33. The van der Waals surface area contributed by atoms with Gasteiger partial charge in [0.1, 0.15) is 5.69 Å². The number of aldehydes is 1. The molecule has 0 saturated heterocycles. The molecule has 0 fully saturated rings. The van der Waals surface area contributed by atoms with Crippen molar-refractivity contribution in [2.24, 2.45) is 0 Å². The summed E-state index contributed by atoms with van der Waals surface area (Å²) in [6.45, 7) is 3.46. The molecule has 0 amide bonds. The molecule has 1 heterocycles. The van der Waals surface area contributed by atoms with E-state index < -0.39 is 0 Å². The largest absolute Gasteiger partial charge is 0.296 e. The van der Waals surface area contributed by atoms with E-state index in [-0.39, 0.29) is 0 Å². The molecule has 1 aromatic heterocycles. The summed E-state index contributed by atoms with van der Waals surface area (Å²) < 4.78 is 1.34. The summed E-state index contributed by atoms with van der Waals surface area (Å²) in [5.41, 5.74) is 0.849. The van der Waals surface area contributed by atoms with Gasteiger partial charge >= 0.3 is 0 Å². The third-order valence-electron chi connectivity index (χ3n) is 1.27. The number of rotatable bonds is 2. The summed E-state index contributed by atoms with van der Waals surface area (Å²) in [5, 5.41) is 3.80. The number of carbonyl (C=O) groups excluding carboxylic acids is 1. The van der Waals surface area contributed by atoms with Gasteiger partial charge in [0.25, 0.3) is 0 Å².